The van der Waals surface area contributed by atoms with Gasteiger partial charge in [-0.3, -0.25) is 9.69 Å². The first-order valence-electron chi connectivity index (χ1n) is 10.7. The van der Waals surface area contributed by atoms with Crippen LogP contribution in [0.4, 0.5) is 0 Å². The van der Waals surface area contributed by atoms with Crippen molar-refractivity contribution in [2.75, 3.05) is 19.6 Å². The summed E-state index contributed by atoms with van der Waals surface area (Å²) in [5, 5.41) is 0. The summed E-state index contributed by atoms with van der Waals surface area (Å²) in [6.45, 7) is 11.0. The van der Waals surface area contributed by atoms with Gasteiger partial charge in [0, 0.05) is 25.6 Å². The molecule has 3 rings (SSSR count). The zero-order valence-corrected chi connectivity index (χ0v) is 17.6. The number of nitrogens with zero attached hydrogens (tertiary/aromatic N) is 2. The Labute approximate surface area is 170 Å². The van der Waals surface area contributed by atoms with Gasteiger partial charge in [-0.1, -0.05) is 68.4 Å². The van der Waals surface area contributed by atoms with Crippen LogP contribution in [0.5, 0.6) is 0 Å². The number of carbonyl (C=O) groups excluding carboxylic acids is 1. The van der Waals surface area contributed by atoms with Crippen molar-refractivity contribution in [2.45, 2.75) is 52.6 Å². The Morgan fingerprint density at radius 1 is 1.00 bits per heavy atom. The second kappa shape index (κ2) is 9.88. The van der Waals surface area contributed by atoms with E-state index in [2.05, 4.69) is 62.1 Å². The number of benzene rings is 2. The molecule has 1 saturated heterocycles. The summed E-state index contributed by atoms with van der Waals surface area (Å²) < 4.78 is 0. The topological polar surface area (TPSA) is 23.6 Å². The van der Waals surface area contributed by atoms with Crippen molar-refractivity contribution in [3.8, 4) is 0 Å². The van der Waals surface area contributed by atoms with Gasteiger partial charge in [0.25, 0.3) is 0 Å². The van der Waals surface area contributed by atoms with Crippen LogP contribution in [0, 0.1) is 5.92 Å². The van der Waals surface area contributed by atoms with Gasteiger partial charge < -0.3 is 4.90 Å². The molecule has 1 fully saturated rings. The number of amides is 1. The molecular formula is C25H34N2O. The predicted octanol–water partition coefficient (Wildman–Crippen LogP) is 5.07. The highest BCUT2D eigenvalue weighted by atomic mass is 16.2. The minimum atomic E-state index is 0.170. The first-order chi connectivity index (χ1) is 13.6. The molecule has 0 radical (unpaired) electrons. The third kappa shape index (κ3) is 5.45. The molecule has 3 nitrogen and oxygen atoms in total. The molecular weight excluding hydrogens is 344 g/mol. The highest BCUT2D eigenvalue weighted by molar-refractivity contribution is 5.79. The van der Waals surface area contributed by atoms with Crippen LogP contribution in [0.3, 0.4) is 0 Å². The summed E-state index contributed by atoms with van der Waals surface area (Å²) in [6, 6.07) is 19.3. The van der Waals surface area contributed by atoms with Gasteiger partial charge in [-0.05, 0) is 55.5 Å². The second-order valence-electron chi connectivity index (χ2n) is 8.28. The fourth-order valence-electron chi connectivity index (χ4n) is 4.01. The number of carbonyl (C=O) groups is 1. The zero-order valence-electron chi connectivity index (χ0n) is 17.6. The van der Waals surface area contributed by atoms with E-state index in [-0.39, 0.29) is 5.92 Å². The maximum atomic E-state index is 13.0. The maximum absolute atomic E-state index is 13.0. The summed E-state index contributed by atoms with van der Waals surface area (Å²) in [4.78, 5) is 17.5. The first kappa shape index (κ1) is 20.6. The Hall–Kier alpha value is -2.13. The van der Waals surface area contributed by atoms with Gasteiger partial charge in [0.1, 0.15) is 0 Å². The van der Waals surface area contributed by atoms with Crippen LogP contribution in [0.1, 0.15) is 56.2 Å². The van der Waals surface area contributed by atoms with Crippen molar-refractivity contribution in [2.24, 2.45) is 5.92 Å². The molecule has 0 atom stereocenters. The molecule has 0 aromatic heterocycles. The molecule has 3 heteroatoms. The SMILES string of the molecule is CCN(Cc1ccccc1)C(=O)C1CCN(Cc2ccc(C(C)C)cc2)CC1. The van der Waals surface area contributed by atoms with Gasteiger partial charge in [-0.25, -0.2) is 0 Å². The lowest BCUT2D eigenvalue weighted by Gasteiger charge is -2.34. The Kier molecular flexibility index (Phi) is 7.27. The van der Waals surface area contributed by atoms with Crippen LogP contribution >= 0.6 is 0 Å². The van der Waals surface area contributed by atoms with Crippen molar-refractivity contribution in [1.82, 2.24) is 9.80 Å². The molecule has 0 saturated carbocycles. The molecule has 0 bridgehead atoms. The van der Waals surface area contributed by atoms with Crippen LogP contribution in [0.15, 0.2) is 54.6 Å². The molecule has 2 aromatic carbocycles. The third-order valence-corrected chi connectivity index (χ3v) is 5.90. The van der Waals surface area contributed by atoms with Gasteiger partial charge in [0.2, 0.25) is 5.91 Å². The molecule has 150 valence electrons. The molecule has 28 heavy (non-hydrogen) atoms. The van der Waals surface area contributed by atoms with E-state index in [1.54, 1.807) is 0 Å². The Bertz CT molecular complexity index is 731. The van der Waals surface area contributed by atoms with Crippen LogP contribution in [-0.4, -0.2) is 35.3 Å². The number of hydrogen-bond acceptors (Lipinski definition) is 2. The predicted molar refractivity (Wildman–Crippen MR) is 116 cm³/mol. The van der Waals surface area contributed by atoms with Crippen LogP contribution in [-0.2, 0) is 17.9 Å². The second-order valence-corrected chi connectivity index (χ2v) is 8.28. The first-order valence-corrected chi connectivity index (χ1v) is 10.7. The van der Waals surface area contributed by atoms with Crippen LogP contribution in [0.25, 0.3) is 0 Å². The summed E-state index contributed by atoms with van der Waals surface area (Å²) in [5.41, 5.74) is 3.97. The molecule has 0 aliphatic carbocycles. The molecule has 0 spiro atoms. The van der Waals surface area contributed by atoms with Crippen molar-refractivity contribution in [1.29, 1.82) is 0 Å². The molecule has 1 heterocycles. The lowest BCUT2D eigenvalue weighted by molar-refractivity contribution is -0.137. The van der Waals surface area contributed by atoms with E-state index in [4.69, 9.17) is 0 Å². The summed E-state index contributed by atoms with van der Waals surface area (Å²) >= 11 is 0. The number of hydrogen-bond donors (Lipinski definition) is 0. The fraction of sp³-hybridized carbons (Fsp3) is 0.480. The minimum absolute atomic E-state index is 0.170. The van der Waals surface area contributed by atoms with Crippen LogP contribution in [0.2, 0.25) is 0 Å². The average molecular weight is 379 g/mol. The van der Waals surface area contributed by atoms with E-state index in [1.807, 2.05) is 23.1 Å². The smallest absolute Gasteiger partial charge is 0.226 e. The van der Waals surface area contributed by atoms with Gasteiger partial charge in [-0.15, -0.1) is 0 Å². The van der Waals surface area contributed by atoms with E-state index in [0.29, 0.717) is 11.8 Å². The van der Waals surface area contributed by atoms with Crippen molar-refractivity contribution < 1.29 is 4.79 Å². The molecule has 1 aliphatic heterocycles. The van der Waals surface area contributed by atoms with Crippen molar-refractivity contribution in [3.63, 3.8) is 0 Å². The van der Waals surface area contributed by atoms with Gasteiger partial charge in [-0.2, -0.15) is 0 Å². The number of rotatable bonds is 7. The fourth-order valence-corrected chi connectivity index (χ4v) is 4.01. The van der Waals surface area contributed by atoms with Crippen LogP contribution < -0.4 is 0 Å². The molecule has 0 N–H and O–H groups in total. The third-order valence-electron chi connectivity index (χ3n) is 5.90. The maximum Gasteiger partial charge on any atom is 0.226 e. The summed E-state index contributed by atoms with van der Waals surface area (Å²) in [7, 11) is 0. The van der Waals surface area contributed by atoms with Gasteiger partial charge in [0.15, 0.2) is 0 Å². The Morgan fingerprint density at radius 3 is 2.21 bits per heavy atom. The molecule has 0 unspecified atom stereocenters. The largest absolute Gasteiger partial charge is 0.338 e. The van der Waals surface area contributed by atoms with E-state index < -0.39 is 0 Å². The highest BCUT2D eigenvalue weighted by Gasteiger charge is 2.28. The number of piperidine rings is 1. The lowest BCUT2D eigenvalue weighted by atomic mass is 9.94. The summed E-state index contributed by atoms with van der Waals surface area (Å²) in [5.74, 6) is 1.07. The molecule has 1 amide bonds. The Morgan fingerprint density at radius 2 is 1.64 bits per heavy atom. The van der Waals surface area contributed by atoms with E-state index in [0.717, 1.165) is 45.6 Å². The normalized spacial score (nSPS) is 15.7. The monoisotopic (exact) mass is 378 g/mol. The molecule has 2 aromatic rings. The van der Waals surface area contributed by atoms with E-state index in [9.17, 15) is 4.79 Å². The lowest BCUT2D eigenvalue weighted by Crippen LogP contribution is -2.42. The van der Waals surface area contributed by atoms with Crippen molar-refractivity contribution in [3.05, 3.63) is 71.3 Å². The quantitative estimate of drug-likeness (QED) is 0.671. The van der Waals surface area contributed by atoms with E-state index >= 15 is 0 Å². The zero-order chi connectivity index (χ0) is 19.9. The highest BCUT2D eigenvalue weighted by Crippen LogP contribution is 2.23. The Balaban J connectivity index is 1.50. The summed E-state index contributed by atoms with van der Waals surface area (Å²) in [6.07, 6.45) is 1.93. The van der Waals surface area contributed by atoms with Gasteiger partial charge in [0.05, 0.1) is 0 Å². The molecule has 1 aliphatic rings. The van der Waals surface area contributed by atoms with E-state index in [1.165, 1.54) is 16.7 Å². The van der Waals surface area contributed by atoms with Crippen molar-refractivity contribution >= 4 is 5.91 Å². The van der Waals surface area contributed by atoms with Gasteiger partial charge >= 0.3 is 0 Å². The number of likely N-dealkylation sites (tertiary alicyclic amines) is 1. The minimum Gasteiger partial charge on any atom is -0.338 e. The average Bonchev–Trinajstić information content (AvgIpc) is 2.73. The standard InChI is InChI=1S/C25H34N2O/c1-4-27(19-21-8-6-5-7-9-21)25(28)24-14-16-26(17-15-24)18-22-10-12-23(13-11-22)20(2)3/h5-13,20,24H,4,14-19H2,1-3H3.